The number of hydrogen-bond donors (Lipinski definition) is 1. The molecule has 1 amide bonds. The third kappa shape index (κ3) is 4.15. The molecule has 0 aliphatic heterocycles. The molecule has 0 atom stereocenters. The predicted octanol–water partition coefficient (Wildman–Crippen LogP) is 4.05. The standard InChI is InChI=1S/C24H31N5O3S/c1-7-29(8-2)33(31,32)18-11-14(3)15(4)20(12-18)26-24(30)19-13-21(17-9-10-17)25-23-22(19)16(5)27-28(23)6/h11-13,17H,7-10H2,1-6H3,(H,26,30). The van der Waals surface area contributed by atoms with Crippen LogP contribution in [0.2, 0.25) is 0 Å². The zero-order valence-corrected chi connectivity index (χ0v) is 20.9. The van der Waals surface area contributed by atoms with Crippen molar-refractivity contribution in [2.45, 2.75) is 58.3 Å². The number of hydrogen-bond acceptors (Lipinski definition) is 5. The molecule has 1 aliphatic rings. The summed E-state index contributed by atoms with van der Waals surface area (Å²) in [7, 11) is -1.82. The maximum atomic E-state index is 13.5. The van der Waals surface area contributed by atoms with Gasteiger partial charge in [0.1, 0.15) is 0 Å². The van der Waals surface area contributed by atoms with E-state index in [9.17, 15) is 13.2 Å². The molecule has 1 aromatic carbocycles. The van der Waals surface area contributed by atoms with Gasteiger partial charge in [0.05, 0.1) is 21.5 Å². The number of aromatic nitrogens is 3. The van der Waals surface area contributed by atoms with Gasteiger partial charge >= 0.3 is 0 Å². The average molecular weight is 470 g/mol. The van der Waals surface area contributed by atoms with Crippen molar-refractivity contribution in [3.05, 3.63) is 46.3 Å². The van der Waals surface area contributed by atoms with Gasteiger partial charge in [0, 0.05) is 37.4 Å². The molecule has 176 valence electrons. The summed E-state index contributed by atoms with van der Waals surface area (Å²) in [5.41, 5.74) is 4.96. The first-order valence-electron chi connectivity index (χ1n) is 11.3. The monoisotopic (exact) mass is 469 g/mol. The van der Waals surface area contributed by atoms with E-state index < -0.39 is 10.0 Å². The number of anilines is 1. The molecule has 1 fully saturated rings. The van der Waals surface area contributed by atoms with E-state index in [1.54, 1.807) is 16.8 Å². The Morgan fingerprint density at radius 3 is 2.42 bits per heavy atom. The smallest absolute Gasteiger partial charge is 0.256 e. The SMILES string of the molecule is CCN(CC)S(=O)(=O)c1cc(C)c(C)c(NC(=O)c2cc(C3CC3)nc3c2c(C)nn3C)c1. The molecule has 0 spiro atoms. The van der Waals surface area contributed by atoms with Crippen molar-refractivity contribution in [2.75, 3.05) is 18.4 Å². The maximum absolute atomic E-state index is 13.5. The van der Waals surface area contributed by atoms with E-state index in [0.717, 1.165) is 40.7 Å². The van der Waals surface area contributed by atoms with Crippen LogP contribution in [0.5, 0.6) is 0 Å². The van der Waals surface area contributed by atoms with Crippen LogP contribution < -0.4 is 5.32 Å². The number of pyridine rings is 1. The highest BCUT2D eigenvalue weighted by molar-refractivity contribution is 7.89. The van der Waals surface area contributed by atoms with Crippen LogP contribution in [-0.4, -0.2) is 46.5 Å². The molecular weight excluding hydrogens is 438 g/mol. The third-order valence-corrected chi connectivity index (χ3v) is 8.49. The summed E-state index contributed by atoms with van der Waals surface area (Å²) in [6, 6.07) is 5.09. The highest BCUT2D eigenvalue weighted by Gasteiger charge is 2.29. The molecule has 1 N–H and O–H groups in total. The molecule has 4 rings (SSSR count). The van der Waals surface area contributed by atoms with E-state index in [1.807, 2.05) is 47.7 Å². The number of carbonyl (C=O) groups is 1. The van der Waals surface area contributed by atoms with Gasteiger partial charge in [-0.25, -0.2) is 13.4 Å². The first kappa shape index (κ1) is 23.4. The predicted molar refractivity (Wildman–Crippen MR) is 129 cm³/mol. The summed E-state index contributed by atoms with van der Waals surface area (Å²) < 4.78 is 29.3. The van der Waals surface area contributed by atoms with Crippen molar-refractivity contribution in [3.63, 3.8) is 0 Å². The Kier molecular flexibility index (Phi) is 6.05. The normalized spacial score (nSPS) is 14.3. The van der Waals surface area contributed by atoms with E-state index in [4.69, 9.17) is 4.98 Å². The molecule has 2 aromatic heterocycles. The fourth-order valence-electron chi connectivity index (χ4n) is 4.24. The topological polar surface area (TPSA) is 97.2 Å². The average Bonchev–Trinajstić information content (AvgIpc) is 3.57. The number of nitrogens with one attached hydrogen (secondary N) is 1. The van der Waals surface area contributed by atoms with Gasteiger partial charge in [0.15, 0.2) is 5.65 Å². The van der Waals surface area contributed by atoms with Crippen LogP contribution >= 0.6 is 0 Å². The highest BCUT2D eigenvalue weighted by atomic mass is 32.2. The first-order chi connectivity index (χ1) is 15.6. The molecule has 0 bridgehead atoms. The maximum Gasteiger partial charge on any atom is 0.256 e. The second kappa shape index (κ2) is 8.53. The second-order valence-electron chi connectivity index (χ2n) is 8.73. The molecule has 33 heavy (non-hydrogen) atoms. The van der Waals surface area contributed by atoms with Gasteiger partial charge in [0.25, 0.3) is 5.91 Å². The molecule has 8 nitrogen and oxygen atoms in total. The Balaban J connectivity index is 1.78. The quantitative estimate of drug-likeness (QED) is 0.563. The lowest BCUT2D eigenvalue weighted by molar-refractivity contribution is 0.102. The zero-order chi connectivity index (χ0) is 24.1. The van der Waals surface area contributed by atoms with Crippen molar-refractivity contribution in [2.24, 2.45) is 7.05 Å². The molecule has 2 heterocycles. The second-order valence-corrected chi connectivity index (χ2v) is 10.7. The number of rotatable bonds is 7. The summed E-state index contributed by atoms with van der Waals surface area (Å²) in [6.07, 6.45) is 2.14. The zero-order valence-electron chi connectivity index (χ0n) is 20.1. The lowest BCUT2D eigenvalue weighted by Gasteiger charge is -2.20. The van der Waals surface area contributed by atoms with Gasteiger partial charge in [-0.15, -0.1) is 0 Å². The lowest BCUT2D eigenvalue weighted by atomic mass is 10.1. The van der Waals surface area contributed by atoms with Gasteiger partial charge in [-0.1, -0.05) is 13.8 Å². The van der Waals surface area contributed by atoms with Crippen LogP contribution in [0.25, 0.3) is 11.0 Å². The molecule has 9 heteroatoms. The fourth-order valence-corrected chi connectivity index (χ4v) is 5.81. The molecule has 0 unspecified atom stereocenters. The Morgan fingerprint density at radius 1 is 1.15 bits per heavy atom. The van der Waals surface area contributed by atoms with Gasteiger partial charge in [-0.3, -0.25) is 9.48 Å². The summed E-state index contributed by atoms with van der Waals surface area (Å²) >= 11 is 0. The minimum absolute atomic E-state index is 0.181. The van der Waals surface area contributed by atoms with Gasteiger partial charge < -0.3 is 5.32 Å². The number of nitrogens with zero attached hydrogens (tertiary/aromatic N) is 4. The first-order valence-corrected chi connectivity index (χ1v) is 12.8. The van der Waals surface area contributed by atoms with Crippen LogP contribution in [0.3, 0.4) is 0 Å². The van der Waals surface area contributed by atoms with Crippen LogP contribution in [-0.2, 0) is 17.1 Å². The van der Waals surface area contributed by atoms with E-state index in [-0.39, 0.29) is 10.8 Å². The summed E-state index contributed by atoms with van der Waals surface area (Å²) in [4.78, 5) is 18.5. The number of fused-ring (bicyclic) bond motifs is 1. The summed E-state index contributed by atoms with van der Waals surface area (Å²) in [5.74, 6) is 0.0861. The Labute approximate surface area is 195 Å². The Morgan fingerprint density at radius 2 is 1.82 bits per heavy atom. The number of amides is 1. The summed E-state index contributed by atoms with van der Waals surface area (Å²) in [5, 5.41) is 8.17. The lowest BCUT2D eigenvalue weighted by Crippen LogP contribution is -2.30. The van der Waals surface area contributed by atoms with E-state index >= 15 is 0 Å². The van der Waals surface area contributed by atoms with Crippen molar-refractivity contribution in [1.29, 1.82) is 0 Å². The number of sulfonamides is 1. The van der Waals surface area contributed by atoms with E-state index in [2.05, 4.69) is 10.4 Å². The van der Waals surface area contributed by atoms with Crippen LogP contribution in [0.15, 0.2) is 23.1 Å². The van der Waals surface area contributed by atoms with E-state index in [0.29, 0.717) is 35.9 Å². The highest BCUT2D eigenvalue weighted by Crippen LogP contribution is 2.40. The Bertz CT molecular complexity index is 1350. The van der Waals surface area contributed by atoms with Crippen molar-refractivity contribution in [3.8, 4) is 0 Å². The molecule has 0 saturated heterocycles. The van der Waals surface area contributed by atoms with Crippen LogP contribution in [0.4, 0.5) is 5.69 Å². The third-order valence-electron chi connectivity index (χ3n) is 6.46. The van der Waals surface area contributed by atoms with Crippen LogP contribution in [0, 0.1) is 20.8 Å². The van der Waals surface area contributed by atoms with Gasteiger partial charge in [-0.05, 0) is 62.9 Å². The van der Waals surface area contributed by atoms with Gasteiger partial charge in [-0.2, -0.15) is 9.40 Å². The van der Waals surface area contributed by atoms with Crippen molar-refractivity contribution >= 4 is 32.7 Å². The Hall–Kier alpha value is -2.78. The van der Waals surface area contributed by atoms with Gasteiger partial charge in [0.2, 0.25) is 10.0 Å². The van der Waals surface area contributed by atoms with Crippen LogP contribution in [0.1, 0.15) is 65.5 Å². The number of carbonyl (C=O) groups excluding carboxylic acids is 1. The van der Waals surface area contributed by atoms with E-state index in [1.165, 1.54) is 4.31 Å². The molecular formula is C24H31N5O3S. The molecule has 1 saturated carbocycles. The number of aryl methyl sites for hydroxylation is 3. The molecule has 1 aliphatic carbocycles. The minimum Gasteiger partial charge on any atom is -0.322 e. The fraction of sp³-hybridized carbons (Fsp3) is 0.458. The van der Waals surface area contributed by atoms with Crippen molar-refractivity contribution < 1.29 is 13.2 Å². The summed E-state index contributed by atoms with van der Waals surface area (Å²) in [6.45, 7) is 9.99. The largest absolute Gasteiger partial charge is 0.322 e. The molecule has 3 aromatic rings. The minimum atomic E-state index is -3.65. The number of benzene rings is 1. The molecule has 0 radical (unpaired) electrons. The van der Waals surface area contributed by atoms with Crippen molar-refractivity contribution in [1.82, 2.24) is 19.1 Å².